The molecule has 0 amide bonds. The van der Waals surface area contributed by atoms with Crippen molar-refractivity contribution in [2.45, 2.75) is 64.4 Å². The van der Waals surface area contributed by atoms with Crippen molar-refractivity contribution in [3.8, 4) is 5.75 Å². The second-order valence-electron chi connectivity index (χ2n) is 6.44. The Labute approximate surface area is 121 Å². The molecule has 0 bridgehead atoms. The van der Waals surface area contributed by atoms with Gasteiger partial charge in [-0.1, -0.05) is 38.5 Å². The third-order valence-electron chi connectivity index (χ3n) is 4.67. The lowest BCUT2D eigenvalue weighted by molar-refractivity contribution is 0.0957. The fraction of sp³-hybridized carbons (Fsp3) is 0.611. The summed E-state index contributed by atoms with van der Waals surface area (Å²) in [6.45, 7) is 2.08. The van der Waals surface area contributed by atoms with Gasteiger partial charge in [0, 0.05) is 18.4 Å². The van der Waals surface area contributed by atoms with E-state index in [0.717, 1.165) is 24.2 Å². The SMILES string of the molecule is CC1Cc2cc(C(=O)CC3CCCCCC3)ccc2O1. The summed E-state index contributed by atoms with van der Waals surface area (Å²) in [5.41, 5.74) is 2.08. The summed E-state index contributed by atoms with van der Waals surface area (Å²) in [7, 11) is 0. The van der Waals surface area contributed by atoms with Crippen LogP contribution in [0.1, 0.15) is 67.8 Å². The van der Waals surface area contributed by atoms with Crippen molar-refractivity contribution >= 4 is 5.78 Å². The van der Waals surface area contributed by atoms with E-state index in [4.69, 9.17) is 4.74 Å². The van der Waals surface area contributed by atoms with Gasteiger partial charge in [0.25, 0.3) is 0 Å². The van der Waals surface area contributed by atoms with E-state index in [2.05, 4.69) is 13.0 Å². The molecule has 1 atom stereocenters. The molecule has 0 spiro atoms. The van der Waals surface area contributed by atoms with Crippen LogP contribution in [-0.4, -0.2) is 11.9 Å². The molecule has 1 heterocycles. The Balaban J connectivity index is 1.66. The number of Topliss-reactive ketones (excluding diaryl/α,β-unsaturated/α-hetero) is 1. The Kier molecular flexibility index (Phi) is 4.09. The van der Waals surface area contributed by atoms with Gasteiger partial charge in [0.05, 0.1) is 0 Å². The van der Waals surface area contributed by atoms with Crippen molar-refractivity contribution in [1.29, 1.82) is 0 Å². The molecule has 0 saturated heterocycles. The van der Waals surface area contributed by atoms with E-state index in [0.29, 0.717) is 11.7 Å². The fourth-order valence-electron chi connectivity index (χ4n) is 3.54. The monoisotopic (exact) mass is 272 g/mol. The maximum absolute atomic E-state index is 12.5. The molecule has 1 unspecified atom stereocenters. The standard InChI is InChI=1S/C18H24O2/c1-13-10-16-12-15(8-9-18(16)20-13)17(19)11-14-6-4-2-3-5-7-14/h8-9,12-14H,2-7,10-11H2,1H3. The predicted molar refractivity (Wildman–Crippen MR) is 80.4 cm³/mol. The number of hydrogen-bond donors (Lipinski definition) is 0. The van der Waals surface area contributed by atoms with Crippen LogP contribution < -0.4 is 4.74 Å². The van der Waals surface area contributed by atoms with Crippen LogP contribution in [0.15, 0.2) is 18.2 Å². The minimum Gasteiger partial charge on any atom is -0.490 e. The first-order valence-electron chi connectivity index (χ1n) is 8.05. The zero-order chi connectivity index (χ0) is 13.9. The smallest absolute Gasteiger partial charge is 0.163 e. The molecule has 1 aliphatic heterocycles. The van der Waals surface area contributed by atoms with Gasteiger partial charge < -0.3 is 4.74 Å². The second kappa shape index (κ2) is 5.99. The van der Waals surface area contributed by atoms with Crippen molar-refractivity contribution in [3.05, 3.63) is 29.3 Å². The zero-order valence-corrected chi connectivity index (χ0v) is 12.4. The van der Waals surface area contributed by atoms with E-state index in [1.165, 1.54) is 44.1 Å². The van der Waals surface area contributed by atoms with E-state index < -0.39 is 0 Å². The lowest BCUT2D eigenvalue weighted by atomic mass is 9.91. The molecule has 1 aromatic carbocycles. The van der Waals surface area contributed by atoms with Crippen LogP contribution in [0.25, 0.3) is 0 Å². The van der Waals surface area contributed by atoms with Crippen LogP contribution in [0.3, 0.4) is 0 Å². The Morgan fingerprint density at radius 3 is 2.70 bits per heavy atom. The average Bonchev–Trinajstić information content (AvgIpc) is 2.62. The summed E-state index contributed by atoms with van der Waals surface area (Å²) in [6, 6.07) is 5.97. The van der Waals surface area contributed by atoms with Crippen LogP contribution >= 0.6 is 0 Å². The summed E-state index contributed by atoms with van der Waals surface area (Å²) in [5.74, 6) is 1.89. The molecule has 0 aromatic heterocycles. The number of rotatable bonds is 3. The first-order chi connectivity index (χ1) is 9.72. The van der Waals surface area contributed by atoms with Gasteiger partial charge in [0.1, 0.15) is 11.9 Å². The largest absolute Gasteiger partial charge is 0.490 e. The normalized spacial score (nSPS) is 22.9. The molecular formula is C18H24O2. The molecule has 1 aliphatic carbocycles. The molecule has 2 heteroatoms. The highest BCUT2D eigenvalue weighted by atomic mass is 16.5. The van der Waals surface area contributed by atoms with Gasteiger partial charge in [-0.25, -0.2) is 0 Å². The van der Waals surface area contributed by atoms with Gasteiger partial charge in [-0.05, 0) is 36.6 Å². The highest BCUT2D eigenvalue weighted by Crippen LogP contribution is 2.31. The highest BCUT2D eigenvalue weighted by molar-refractivity contribution is 5.96. The molecule has 2 aliphatic rings. The molecule has 0 N–H and O–H groups in total. The third-order valence-corrected chi connectivity index (χ3v) is 4.67. The average molecular weight is 272 g/mol. The molecular weight excluding hydrogens is 248 g/mol. The molecule has 0 radical (unpaired) electrons. The zero-order valence-electron chi connectivity index (χ0n) is 12.4. The number of carbonyl (C=O) groups is 1. The van der Waals surface area contributed by atoms with Crippen LogP contribution in [0.4, 0.5) is 0 Å². The van der Waals surface area contributed by atoms with E-state index in [1.807, 2.05) is 12.1 Å². The molecule has 20 heavy (non-hydrogen) atoms. The predicted octanol–water partition coefficient (Wildman–Crippen LogP) is 4.55. The summed E-state index contributed by atoms with van der Waals surface area (Å²) in [6.07, 6.45) is 9.67. The number of carbonyl (C=O) groups excluding carboxylic acids is 1. The Bertz CT molecular complexity index is 484. The lowest BCUT2D eigenvalue weighted by Gasteiger charge is -2.13. The van der Waals surface area contributed by atoms with Gasteiger partial charge in [-0.3, -0.25) is 4.79 Å². The van der Waals surface area contributed by atoms with Crippen molar-refractivity contribution in [1.82, 2.24) is 0 Å². The highest BCUT2D eigenvalue weighted by Gasteiger charge is 2.22. The number of ketones is 1. The number of fused-ring (bicyclic) bond motifs is 1. The van der Waals surface area contributed by atoms with Crippen molar-refractivity contribution in [2.24, 2.45) is 5.92 Å². The molecule has 1 fully saturated rings. The summed E-state index contributed by atoms with van der Waals surface area (Å²) >= 11 is 0. The van der Waals surface area contributed by atoms with Crippen LogP contribution in [0.5, 0.6) is 5.75 Å². The van der Waals surface area contributed by atoms with Gasteiger partial charge in [0.2, 0.25) is 0 Å². The summed E-state index contributed by atoms with van der Waals surface area (Å²) in [4.78, 5) is 12.5. The molecule has 1 aromatic rings. The number of benzene rings is 1. The van der Waals surface area contributed by atoms with E-state index >= 15 is 0 Å². The van der Waals surface area contributed by atoms with Crippen molar-refractivity contribution in [3.63, 3.8) is 0 Å². The second-order valence-corrected chi connectivity index (χ2v) is 6.44. The quantitative estimate of drug-likeness (QED) is 0.596. The number of ether oxygens (including phenoxy) is 1. The minimum atomic E-state index is 0.247. The van der Waals surface area contributed by atoms with Crippen molar-refractivity contribution < 1.29 is 9.53 Å². The minimum absolute atomic E-state index is 0.247. The van der Waals surface area contributed by atoms with E-state index in [1.54, 1.807) is 0 Å². The van der Waals surface area contributed by atoms with Crippen LogP contribution in [-0.2, 0) is 6.42 Å². The molecule has 108 valence electrons. The summed E-state index contributed by atoms with van der Waals surface area (Å²) < 4.78 is 5.70. The fourth-order valence-corrected chi connectivity index (χ4v) is 3.54. The summed E-state index contributed by atoms with van der Waals surface area (Å²) in [5, 5.41) is 0. The maximum Gasteiger partial charge on any atom is 0.163 e. The lowest BCUT2D eigenvalue weighted by Crippen LogP contribution is -2.08. The topological polar surface area (TPSA) is 26.3 Å². The van der Waals surface area contributed by atoms with Gasteiger partial charge in [0.15, 0.2) is 5.78 Å². The maximum atomic E-state index is 12.5. The van der Waals surface area contributed by atoms with Gasteiger partial charge >= 0.3 is 0 Å². The van der Waals surface area contributed by atoms with Crippen LogP contribution in [0, 0.1) is 5.92 Å². The first kappa shape index (κ1) is 13.7. The Morgan fingerprint density at radius 1 is 1.20 bits per heavy atom. The first-order valence-corrected chi connectivity index (χ1v) is 8.05. The van der Waals surface area contributed by atoms with Crippen LogP contribution in [0.2, 0.25) is 0 Å². The third kappa shape index (κ3) is 3.05. The van der Waals surface area contributed by atoms with E-state index in [9.17, 15) is 4.79 Å². The van der Waals surface area contributed by atoms with Gasteiger partial charge in [-0.2, -0.15) is 0 Å². The van der Waals surface area contributed by atoms with Gasteiger partial charge in [-0.15, -0.1) is 0 Å². The molecule has 1 saturated carbocycles. The Morgan fingerprint density at radius 2 is 1.95 bits per heavy atom. The van der Waals surface area contributed by atoms with Crippen molar-refractivity contribution in [2.75, 3.05) is 0 Å². The Hall–Kier alpha value is -1.31. The van der Waals surface area contributed by atoms with E-state index in [-0.39, 0.29) is 6.10 Å². The molecule has 2 nitrogen and oxygen atoms in total. The molecule has 3 rings (SSSR count). The number of hydrogen-bond acceptors (Lipinski definition) is 2.